The van der Waals surface area contributed by atoms with E-state index in [9.17, 15) is 9.59 Å². The Bertz CT molecular complexity index is 897. The van der Waals surface area contributed by atoms with E-state index in [-0.39, 0.29) is 12.1 Å². The van der Waals surface area contributed by atoms with Gasteiger partial charge in [-0.15, -0.1) is 11.3 Å². The number of ether oxygens (including phenoxy) is 1. The predicted octanol–water partition coefficient (Wildman–Crippen LogP) is 2.61. The molecule has 22 heavy (non-hydrogen) atoms. The fraction of sp³-hybridized carbons (Fsp3) is 0.188. The van der Waals surface area contributed by atoms with Gasteiger partial charge in [0.2, 0.25) is 0 Å². The quantitative estimate of drug-likeness (QED) is 0.697. The normalized spacial score (nSPS) is 10.8. The van der Waals surface area contributed by atoms with Gasteiger partial charge in [-0.25, -0.2) is 4.98 Å². The van der Waals surface area contributed by atoms with Crippen molar-refractivity contribution in [2.24, 2.45) is 0 Å². The summed E-state index contributed by atoms with van der Waals surface area (Å²) in [6.07, 6.45) is 1.40. The molecule has 2 aromatic heterocycles. The van der Waals surface area contributed by atoms with E-state index < -0.39 is 5.97 Å². The van der Waals surface area contributed by atoms with Crippen molar-refractivity contribution in [2.45, 2.75) is 13.5 Å². The molecule has 0 bridgehead atoms. The van der Waals surface area contributed by atoms with Crippen molar-refractivity contribution in [3.05, 3.63) is 51.9 Å². The summed E-state index contributed by atoms with van der Waals surface area (Å²) in [5.74, 6) is -0.475. The van der Waals surface area contributed by atoms with E-state index in [1.165, 1.54) is 29.3 Å². The zero-order valence-corrected chi connectivity index (χ0v) is 13.0. The third kappa shape index (κ3) is 2.42. The van der Waals surface area contributed by atoms with Gasteiger partial charge in [0, 0.05) is 10.4 Å². The molecular formula is C16H14N2O3S. The van der Waals surface area contributed by atoms with Gasteiger partial charge in [0.25, 0.3) is 5.56 Å². The van der Waals surface area contributed by atoms with Gasteiger partial charge in [0.1, 0.15) is 11.4 Å². The van der Waals surface area contributed by atoms with Crippen molar-refractivity contribution < 1.29 is 9.53 Å². The minimum atomic E-state index is -0.475. The van der Waals surface area contributed by atoms with Gasteiger partial charge >= 0.3 is 5.97 Å². The predicted molar refractivity (Wildman–Crippen MR) is 86.1 cm³/mol. The van der Waals surface area contributed by atoms with E-state index in [2.05, 4.69) is 9.72 Å². The molecule has 0 aliphatic heterocycles. The lowest BCUT2D eigenvalue weighted by Crippen LogP contribution is -2.25. The fourth-order valence-electron chi connectivity index (χ4n) is 2.41. The van der Waals surface area contributed by atoms with E-state index in [0.717, 1.165) is 16.0 Å². The molecule has 6 heteroatoms. The summed E-state index contributed by atoms with van der Waals surface area (Å²) >= 11 is 1.48. The van der Waals surface area contributed by atoms with Crippen LogP contribution in [0, 0.1) is 6.92 Å². The van der Waals surface area contributed by atoms with E-state index in [1.54, 1.807) is 0 Å². The van der Waals surface area contributed by atoms with Crippen LogP contribution in [-0.2, 0) is 16.1 Å². The molecule has 0 saturated heterocycles. The summed E-state index contributed by atoms with van der Waals surface area (Å²) in [5.41, 5.74) is 1.64. The van der Waals surface area contributed by atoms with Gasteiger partial charge in [-0.3, -0.25) is 14.2 Å². The molecule has 0 unspecified atom stereocenters. The Balaban J connectivity index is 2.25. The number of hydrogen-bond donors (Lipinski definition) is 0. The average molecular weight is 314 g/mol. The SMILES string of the molecule is COC(=O)Cn1cnc2sc(C)c(-c3ccccc3)c2c1=O. The summed E-state index contributed by atoms with van der Waals surface area (Å²) in [5, 5.41) is 0.556. The number of carbonyl (C=O) groups excluding carboxylic acids is 1. The molecule has 1 aromatic carbocycles. The molecule has 0 N–H and O–H groups in total. The van der Waals surface area contributed by atoms with Crippen LogP contribution in [-0.4, -0.2) is 22.6 Å². The molecular weight excluding hydrogens is 300 g/mol. The minimum Gasteiger partial charge on any atom is -0.468 e. The number of hydrogen-bond acceptors (Lipinski definition) is 5. The Morgan fingerprint density at radius 3 is 2.73 bits per heavy atom. The minimum absolute atomic E-state index is 0.138. The highest BCUT2D eigenvalue weighted by molar-refractivity contribution is 7.19. The highest BCUT2D eigenvalue weighted by Crippen LogP contribution is 2.35. The highest BCUT2D eigenvalue weighted by Gasteiger charge is 2.17. The topological polar surface area (TPSA) is 61.2 Å². The second-order valence-electron chi connectivity index (χ2n) is 4.83. The molecule has 0 amide bonds. The summed E-state index contributed by atoms with van der Waals surface area (Å²) in [6, 6.07) is 9.72. The summed E-state index contributed by atoms with van der Waals surface area (Å²) in [7, 11) is 1.30. The number of fused-ring (bicyclic) bond motifs is 1. The third-order valence-electron chi connectivity index (χ3n) is 3.44. The lowest BCUT2D eigenvalue weighted by Gasteiger charge is -2.05. The van der Waals surface area contributed by atoms with Crippen LogP contribution in [0.1, 0.15) is 4.88 Å². The van der Waals surface area contributed by atoms with Gasteiger partial charge < -0.3 is 4.74 Å². The van der Waals surface area contributed by atoms with E-state index in [4.69, 9.17) is 0 Å². The summed E-state index contributed by atoms with van der Waals surface area (Å²) in [4.78, 5) is 30.2. The van der Waals surface area contributed by atoms with Gasteiger partial charge in [-0.2, -0.15) is 0 Å². The molecule has 0 saturated carbocycles. The summed E-state index contributed by atoms with van der Waals surface area (Å²) < 4.78 is 5.90. The first-order valence-corrected chi connectivity index (χ1v) is 7.54. The number of methoxy groups -OCH3 is 1. The molecule has 0 atom stereocenters. The lowest BCUT2D eigenvalue weighted by atomic mass is 10.0. The van der Waals surface area contributed by atoms with Crippen molar-refractivity contribution in [2.75, 3.05) is 7.11 Å². The molecule has 0 fully saturated rings. The number of aromatic nitrogens is 2. The third-order valence-corrected chi connectivity index (χ3v) is 4.46. The zero-order valence-electron chi connectivity index (χ0n) is 12.2. The molecule has 0 radical (unpaired) electrons. The van der Waals surface area contributed by atoms with Crippen molar-refractivity contribution in [3.63, 3.8) is 0 Å². The van der Waals surface area contributed by atoms with E-state index in [1.807, 2.05) is 37.3 Å². The van der Waals surface area contributed by atoms with E-state index >= 15 is 0 Å². The number of carbonyl (C=O) groups is 1. The lowest BCUT2D eigenvalue weighted by molar-refractivity contribution is -0.141. The standard InChI is InChI=1S/C16H14N2O3S/c1-10-13(11-6-4-3-5-7-11)14-15(22-10)17-9-18(16(14)20)8-12(19)21-2/h3-7,9H,8H2,1-2H3. The summed E-state index contributed by atoms with van der Waals surface area (Å²) in [6.45, 7) is 1.83. The van der Waals surface area contributed by atoms with Gasteiger partial charge in [0.05, 0.1) is 18.8 Å². The molecule has 3 aromatic rings. The fourth-order valence-corrected chi connectivity index (χ4v) is 3.41. The van der Waals surface area contributed by atoms with E-state index in [0.29, 0.717) is 10.2 Å². The number of thiophene rings is 1. The van der Waals surface area contributed by atoms with Crippen molar-refractivity contribution in [3.8, 4) is 11.1 Å². The van der Waals surface area contributed by atoms with Crippen LogP contribution in [0.15, 0.2) is 41.5 Å². The monoisotopic (exact) mass is 314 g/mol. The number of rotatable bonds is 3. The Hall–Kier alpha value is -2.47. The van der Waals surface area contributed by atoms with Crippen molar-refractivity contribution in [1.29, 1.82) is 0 Å². The smallest absolute Gasteiger partial charge is 0.325 e. The molecule has 112 valence electrons. The number of benzene rings is 1. The van der Waals surface area contributed by atoms with Crippen molar-refractivity contribution in [1.82, 2.24) is 9.55 Å². The first-order chi connectivity index (χ1) is 10.6. The first-order valence-electron chi connectivity index (χ1n) is 6.72. The van der Waals surface area contributed by atoms with Gasteiger partial charge in [-0.05, 0) is 12.5 Å². The molecule has 0 spiro atoms. The molecule has 3 rings (SSSR count). The van der Waals surface area contributed by atoms with Crippen LogP contribution >= 0.6 is 11.3 Å². The molecule has 0 aliphatic rings. The maximum Gasteiger partial charge on any atom is 0.325 e. The van der Waals surface area contributed by atoms with Crippen LogP contribution < -0.4 is 5.56 Å². The number of nitrogens with zero attached hydrogens (tertiary/aromatic N) is 2. The maximum absolute atomic E-state index is 12.7. The van der Waals surface area contributed by atoms with Crippen LogP contribution in [0.3, 0.4) is 0 Å². The second kappa shape index (κ2) is 5.73. The Morgan fingerprint density at radius 1 is 1.32 bits per heavy atom. The number of aryl methyl sites for hydroxylation is 1. The maximum atomic E-state index is 12.7. The number of esters is 1. The van der Waals surface area contributed by atoms with Crippen LogP contribution in [0.2, 0.25) is 0 Å². The molecule has 5 nitrogen and oxygen atoms in total. The largest absolute Gasteiger partial charge is 0.468 e. The van der Waals surface area contributed by atoms with Crippen molar-refractivity contribution >= 4 is 27.5 Å². The van der Waals surface area contributed by atoms with Crippen LogP contribution in [0.5, 0.6) is 0 Å². The molecule has 0 aliphatic carbocycles. The first kappa shape index (κ1) is 14.5. The van der Waals surface area contributed by atoms with Crippen LogP contribution in [0.4, 0.5) is 0 Å². The zero-order chi connectivity index (χ0) is 15.7. The van der Waals surface area contributed by atoms with Gasteiger partial charge in [0.15, 0.2) is 0 Å². The Morgan fingerprint density at radius 2 is 2.05 bits per heavy atom. The van der Waals surface area contributed by atoms with Gasteiger partial charge in [-0.1, -0.05) is 30.3 Å². The van der Waals surface area contributed by atoms with Crippen LogP contribution in [0.25, 0.3) is 21.3 Å². The second-order valence-corrected chi connectivity index (χ2v) is 6.04. The Labute approximate surface area is 130 Å². The Kier molecular flexibility index (Phi) is 3.77. The molecule has 2 heterocycles. The average Bonchev–Trinajstić information content (AvgIpc) is 2.87. The highest BCUT2D eigenvalue weighted by atomic mass is 32.1.